The van der Waals surface area contributed by atoms with Gasteiger partial charge in [-0.25, -0.2) is 14.4 Å². The van der Waals surface area contributed by atoms with Crippen LogP contribution in [-0.2, 0) is 36.8 Å². The van der Waals surface area contributed by atoms with Crippen LogP contribution < -0.4 is 19.7 Å². The lowest BCUT2D eigenvalue weighted by atomic mass is 9.91. The largest absolute Gasteiger partial charge is 0.480 e. The number of hydrogen-bond donors (Lipinski definition) is 1. The number of rotatable bonds is 7. The maximum atomic E-state index is 13.0. The number of aryl methyl sites for hydroxylation is 2. The number of anilines is 1. The van der Waals surface area contributed by atoms with E-state index in [1.807, 2.05) is 37.3 Å². The fourth-order valence-corrected chi connectivity index (χ4v) is 5.32. The minimum absolute atomic E-state index is 0.00895. The van der Waals surface area contributed by atoms with E-state index in [2.05, 4.69) is 5.32 Å². The predicted molar refractivity (Wildman–Crippen MR) is 180 cm³/mol. The van der Waals surface area contributed by atoms with Gasteiger partial charge in [0.2, 0.25) is 0 Å². The summed E-state index contributed by atoms with van der Waals surface area (Å²) in [5.74, 6) is -0.00678. The standard InChI is InChI=1S/C23H26N2O6.C14H16O4/c1-15-12-19-18(13-17(15)20(26)29-4)25(21(27)23(2,3)31-19)11-10-24-22(28)30-14-16-8-6-5-7-9-16;1-8-5-11-9(6-10(8)13(16)17-4)7-12(15)14(2,3)18-11/h5-9,12-13H,10-11,14H2,1-4H3,(H,24,28);5-6H,7H2,1-4H3. The van der Waals surface area contributed by atoms with Gasteiger partial charge in [-0.05, 0) is 82.5 Å². The third kappa shape index (κ3) is 8.37. The fraction of sp³-hybridized carbons (Fsp3) is 0.378. The van der Waals surface area contributed by atoms with Crippen molar-refractivity contribution in [3.8, 4) is 11.5 Å². The van der Waals surface area contributed by atoms with E-state index in [1.165, 1.54) is 19.1 Å². The predicted octanol–water partition coefficient (Wildman–Crippen LogP) is 5.28. The summed E-state index contributed by atoms with van der Waals surface area (Å²) in [6.45, 7) is 10.9. The first-order chi connectivity index (χ1) is 23.1. The second kappa shape index (κ2) is 14.8. The Hall–Kier alpha value is -5.39. The molecule has 2 aliphatic heterocycles. The molecule has 2 amide bonds. The van der Waals surface area contributed by atoms with Gasteiger partial charge in [0.1, 0.15) is 18.1 Å². The van der Waals surface area contributed by atoms with Gasteiger partial charge in [0.15, 0.2) is 17.0 Å². The van der Waals surface area contributed by atoms with Crippen LogP contribution in [-0.4, -0.2) is 68.2 Å². The Labute approximate surface area is 285 Å². The Balaban J connectivity index is 0.000000254. The molecule has 0 aliphatic carbocycles. The van der Waals surface area contributed by atoms with Gasteiger partial charge < -0.3 is 33.9 Å². The van der Waals surface area contributed by atoms with Crippen LogP contribution in [0.25, 0.3) is 0 Å². The van der Waals surface area contributed by atoms with Crippen molar-refractivity contribution in [2.24, 2.45) is 0 Å². The first kappa shape index (κ1) is 36.4. The van der Waals surface area contributed by atoms with E-state index in [-0.39, 0.29) is 37.8 Å². The SMILES string of the molecule is COC(=O)c1cc2c(cc1C)OC(C)(C)C(=O)C2.COC(=O)c1cc2c(cc1C)OC(C)(C)C(=O)N2CCNC(=O)OCc1ccccc1. The van der Waals surface area contributed by atoms with Gasteiger partial charge in [0.05, 0.1) is 31.0 Å². The number of ketones is 1. The van der Waals surface area contributed by atoms with Crippen LogP contribution >= 0.6 is 0 Å². The summed E-state index contributed by atoms with van der Waals surface area (Å²) < 4.78 is 26.3. The number of Topliss-reactive ketones (excluding diaryl/α,β-unsaturated/α-hetero) is 1. The summed E-state index contributed by atoms with van der Waals surface area (Å²) in [6.07, 6.45) is -0.296. The zero-order valence-electron chi connectivity index (χ0n) is 29.1. The lowest BCUT2D eigenvalue weighted by Crippen LogP contribution is -2.54. The summed E-state index contributed by atoms with van der Waals surface area (Å²) >= 11 is 0. The third-order valence-electron chi connectivity index (χ3n) is 8.15. The average Bonchev–Trinajstić information content (AvgIpc) is 3.05. The van der Waals surface area contributed by atoms with E-state index in [0.717, 1.165) is 16.7 Å². The van der Waals surface area contributed by atoms with Crippen molar-refractivity contribution in [1.29, 1.82) is 0 Å². The highest BCUT2D eigenvalue weighted by molar-refractivity contribution is 6.04. The molecule has 0 atom stereocenters. The van der Waals surface area contributed by atoms with Crippen LogP contribution in [0.4, 0.5) is 10.5 Å². The number of amides is 2. The van der Waals surface area contributed by atoms with Crippen LogP contribution in [0.3, 0.4) is 0 Å². The normalized spacial score (nSPS) is 15.2. The first-order valence-corrected chi connectivity index (χ1v) is 15.7. The summed E-state index contributed by atoms with van der Waals surface area (Å²) in [4.78, 5) is 62.0. The number of hydrogen-bond acceptors (Lipinski definition) is 10. The highest BCUT2D eigenvalue weighted by atomic mass is 16.5. The van der Waals surface area contributed by atoms with Crippen molar-refractivity contribution < 1.29 is 47.7 Å². The molecule has 5 rings (SSSR count). The van der Waals surface area contributed by atoms with Crippen LogP contribution in [0.2, 0.25) is 0 Å². The number of benzene rings is 3. The number of alkyl carbamates (subject to hydrolysis) is 1. The molecule has 0 fully saturated rings. The van der Waals surface area contributed by atoms with E-state index in [0.29, 0.717) is 33.9 Å². The van der Waals surface area contributed by atoms with Gasteiger partial charge in [-0.15, -0.1) is 0 Å². The molecule has 0 saturated carbocycles. The number of fused-ring (bicyclic) bond motifs is 2. The summed E-state index contributed by atoms with van der Waals surface area (Å²) in [7, 11) is 2.64. The van der Waals surface area contributed by atoms with Crippen molar-refractivity contribution in [2.75, 3.05) is 32.2 Å². The first-order valence-electron chi connectivity index (χ1n) is 15.7. The number of nitrogens with one attached hydrogen (secondary N) is 1. The van der Waals surface area contributed by atoms with Gasteiger partial charge in [-0.3, -0.25) is 9.59 Å². The van der Waals surface area contributed by atoms with Crippen LogP contribution in [0.15, 0.2) is 54.6 Å². The Morgan fingerprint density at radius 1 is 0.816 bits per heavy atom. The molecule has 260 valence electrons. The molecule has 12 nitrogen and oxygen atoms in total. The van der Waals surface area contributed by atoms with Crippen molar-refractivity contribution in [3.05, 3.63) is 88.0 Å². The van der Waals surface area contributed by atoms with E-state index in [9.17, 15) is 24.0 Å². The van der Waals surface area contributed by atoms with Crippen molar-refractivity contribution in [3.63, 3.8) is 0 Å². The molecule has 0 radical (unpaired) electrons. The number of methoxy groups -OCH3 is 2. The molecular weight excluding hydrogens is 632 g/mol. The van der Waals surface area contributed by atoms with Gasteiger partial charge >= 0.3 is 18.0 Å². The van der Waals surface area contributed by atoms with E-state index in [4.69, 9.17) is 23.7 Å². The Bertz CT molecular complexity index is 1760. The summed E-state index contributed by atoms with van der Waals surface area (Å²) in [5, 5.41) is 2.65. The van der Waals surface area contributed by atoms with Crippen LogP contribution in [0.5, 0.6) is 11.5 Å². The maximum absolute atomic E-state index is 13.0. The number of nitrogens with zero attached hydrogens (tertiary/aromatic N) is 1. The smallest absolute Gasteiger partial charge is 0.407 e. The Kier molecular flexibility index (Phi) is 11.0. The highest BCUT2D eigenvalue weighted by Gasteiger charge is 2.41. The zero-order chi connectivity index (χ0) is 36.1. The molecule has 49 heavy (non-hydrogen) atoms. The van der Waals surface area contributed by atoms with Gasteiger partial charge in [0.25, 0.3) is 5.91 Å². The molecule has 0 saturated heterocycles. The molecule has 12 heteroatoms. The quantitative estimate of drug-likeness (QED) is 0.260. The number of carbonyl (C=O) groups is 5. The van der Waals surface area contributed by atoms with E-state index < -0.39 is 29.2 Å². The second-order valence-corrected chi connectivity index (χ2v) is 12.7. The average molecular weight is 675 g/mol. The maximum Gasteiger partial charge on any atom is 0.407 e. The van der Waals surface area contributed by atoms with Crippen molar-refractivity contribution in [1.82, 2.24) is 5.32 Å². The molecule has 0 spiro atoms. The lowest BCUT2D eigenvalue weighted by Gasteiger charge is -2.39. The van der Waals surface area contributed by atoms with E-state index >= 15 is 0 Å². The third-order valence-corrected chi connectivity index (χ3v) is 8.15. The minimum Gasteiger partial charge on any atom is -0.480 e. The molecule has 1 N–H and O–H groups in total. The Morgan fingerprint density at radius 3 is 2.00 bits per heavy atom. The second-order valence-electron chi connectivity index (χ2n) is 12.7. The molecule has 0 aromatic heterocycles. The topological polar surface area (TPSA) is 147 Å². The molecule has 0 bridgehead atoms. The van der Waals surface area contributed by atoms with E-state index in [1.54, 1.807) is 58.9 Å². The molecule has 3 aromatic rings. The Morgan fingerprint density at radius 2 is 1.39 bits per heavy atom. The highest BCUT2D eigenvalue weighted by Crippen LogP contribution is 2.40. The zero-order valence-corrected chi connectivity index (χ0v) is 29.1. The molecule has 3 aromatic carbocycles. The number of esters is 2. The van der Waals surface area contributed by atoms with Gasteiger partial charge in [-0.1, -0.05) is 30.3 Å². The molecule has 2 heterocycles. The van der Waals surface area contributed by atoms with Gasteiger partial charge in [-0.2, -0.15) is 0 Å². The van der Waals surface area contributed by atoms with Crippen molar-refractivity contribution >= 4 is 35.4 Å². The monoisotopic (exact) mass is 674 g/mol. The molecular formula is C37H42N2O10. The number of carbonyl (C=O) groups excluding carboxylic acids is 5. The van der Waals surface area contributed by atoms with Crippen molar-refractivity contribution in [2.45, 2.75) is 65.8 Å². The van der Waals surface area contributed by atoms with Gasteiger partial charge in [0, 0.05) is 25.1 Å². The fourth-order valence-electron chi connectivity index (χ4n) is 5.32. The summed E-state index contributed by atoms with van der Waals surface area (Å²) in [6, 6.07) is 16.1. The molecule has 0 unspecified atom stereocenters. The van der Waals surface area contributed by atoms with Crippen LogP contribution in [0, 0.1) is 13.8 Å². The number of ether oxygens (including phenoxy) is 5. The summed E-state index contributed by atoms with van der Waals surface area (Å²) in [5.41, 5.74) is 2.48. The van der Waals surface area contributed by atoms with Crippen LogP contribution in [0.1, 0.15) is 70.7 Å². The lowest BCUT2D eigenvalue weighted by molar-refractivity contribution is -0.133. The molecule has 2 aliphatic rings. The minimum atomic E-state index is -1.08.